The van der Waals surface area contributed by atoms with E-state index in [0.717, 1.165) is 4.90 Å². The zero-order valence-electron chi connectivity index (χ0n) is 10.6. The van der Waals surface area contributed by atoms with Crippen molar-refractivity contribution >= 4 is 12.0 Å². The summed E-state index contributed by atoms with van der Waals surface area (Å²) in [7, 11) is 0. The molecule has 0 bridgehead atoms. The number of carbonyl (C=O) groups excluding carboxylic acids is 1. The number of hydrogen-bond donors (Lipinski definition) is 2. The van der Waals surface area contributed by atoms with Crippen molar-refractivity contribution in [2.24, 2.45) is 11.8 Å². The first-order chi connectivity index (χ1) is 8.86. The highest BCUT2D eigenvalue weighted by Crippen LogP contribution is 2.24. The van der Waals surface area contributed by atoms with E-state index >= 15 is 0 Å². The Balaban J connectivity index is 2.67. The summed E-state index contributed by atoms with van der Waals surface area (Å²) >= 11 is 0. The number of carbonyl (C=O) groups is 2. The van der Waals surface area contributed by atoms with E-state index in [9.17, 15) is 18.4 Å². The summed E-state index contributed by atoms with van der Waals surface area (Å²) in [5, 5.41) is 17.7. The highest BCUT2D eigenvalue weighted by atomic mass is 19.3. The highest BCUT2D eigenvalue weighted by molar-refractivity contribution is 5.77. The molecule has 1 fully saturated rings. The van der Waals surface area contributed by atoms with E-state index in [2.05, 4.69) is 0 Å². The summed E-state index contributed by atoms with van der Waals surface area (Å²) in [6.45, 7) is 0.578. The van der Waals surface area contributed by atoms with Gasteiger partial charge in [0.2, 0.25) is 0 Å². The maximum atomic E-state index is 12.3. The number of alkyl halides is 2. The first kappa shape index (κ1) is 15.6. The Morgan fingerprint density at radius 2 is 2.05 bits per heavy atom. The monoisotopic (exact) mass is 280 g/mol. The number of aliphatic hydroxyl groups is 1. The lowest BCUT2D eigenvalue weighted by Gasteiger charge is -2.27. The van der Waals surface area contributed by atoms with Gasteiger partial charge in [-0.05, 0) is 5.92 Å². The molecule has 0 saturated carbocycles. The Hall–Kier alpha value is -1.44. The Morgan fingerprint density at radius 1 is 1.42 bits per heavy atom. The van der Waals surface area contributed by atoms with Gasteiger partial charge >= 0.3 is 12.0 Å². The fraction of sp³-hybridized carbons (Fsp3) is 0.818. The number of rotatable bonds is 5. The van der Waals surface area contributed by atoms with E-state index in [1.54, 1.807) is 6.92 Å². The summed E-state index contributed by atoms with van der Waals surface area (Å²) in [4.78, 5) is 25.0. The SMILES string of the molecule is C[C@@H]1CN(C(=O)N(CCO)CC(F)F)C[C@H]1C(=O)O. The van der Waals surface area contributed by atoms with Gasteiger partial charge in [-0.2, -0.15) is 0 Å². The van der Waals surface area contributed by atoms with E-state index in [-0.39, 0.29) is 25.6 Å². The second-order valence-corrected chi connectivity index (χ2v) is 4.67. The van der Waals surface area contributed by atoms with Crippen LogP contribution in [0.5, 0.6) is 0 Å². The molecule has 1 aliphatic heterocycles. The molecular weight excluding hydrogens is 262 g/mol. The predicted molar refractivity (Wildman–Crippen MR) is 61.9 cm³/mol. The van der Waals surface area contributed by atoms with Gasteiger partial charge in [-0.3, -0.25) is 4.79 Å². The minimum Gasteiger partial charge on any atom is -0.481 e. The first-order valence-electron chi connectivity index (χ1n) is 6.02. The normalized spacial score (nSPS) is 22.9. The van der Waals surface area contributed by atoms with Gasteiger partial charge in [0.15, 0.2) is 0 Å². The first-order valence-corrected chi connectivity index (χ1v) is 6.02. The van der Waals surface area contributed by atoms with Crippen LogP contribution >= 0.6 is 0 Å². The van der Waals surface area contributed by atoms with Gasteiger partial charge in [-0.1, -0.05) is 6.92 Å². The molecule has 0 spiro atoms. The van der Waals surface area contributed by atoms with Gasteiger partial charge in [0.05, 0.1) is 19.1 Å². The number of hydrogen-bond acceptors (Lipinski definition) is 3. The molecule has 110 valence electrons. The molecule has 2 N–H and O–H groups in total. The molecule has 6 nitrogen and oxygen atoms in total. The maximum absolute atomic E-state index is 12.3. The van der Waals surface area contributed by atoms with Crippen LogP contribution < -0.4 is 0 Å². The van der Waals surface area contributed by atoms with Gasteiger partial charge in [0, 0.05) is 19.6 Å². The lowest BCUT2D eigenvalue weighted by molar-refractivity contribution is -0.142. The molecule has 8 heteroatoms. The number of halogens is 2. The molecule has 1 aliphatic rings. The van der Waals surface area contributed by atoms with Crippen LogP contribution in [-0.2, 0) is 4.79 Å². The number of aliphatic carboxylic acids is 1. The Morgan fingerprint density at radius 3 is 2.47 bits per heavy atom. The molecule has 0 aromatic rings. The van der Waals surface area contributed by atoms with Crippen molar-refractivity contribution in [2.45, 2.75) is 13.3 Å². The topological polar surface area (TPSA) is 81.1 Å². The van der Waals surface area contributed by atoms with Crippen molar-refractivity contribution in [3.63, 3.8) is 0 Å². The van der Waals surface area contributed by atoms with E-state index in [1.165, 1.54) is 4.90 Å². The lowest BCUT2D eigenvalue weighted by Crippen LogP contribution is -2.45. The zero-order chi connectivity index (χ0) is 14.6. The number of carboxylic acid groups (broad SMARTS) is 1. The second-order valence-electron chi connectivity index (χ2n) is 4.67. The van der Waals surface area contributed by atoms with E-state index in [0.29, 0.717) is 0 Å². The second kappa shape index (κ2) is 6.65. The van der Waals surface area contributed by atoms with Crippen LogP contribution in [0, 0.1) is 11.8 Å². The molecule has 2 atom stereocenters. The van der Waals surface area contributed by atoms with E-state index in [1.807, 2.05) is 0 Å². The minimum absolute atomic E-state index is 0.0144. The molecule has 0 aromatic carbocycles. The number of urea groups is 1. The molecular formula is C11H18F2N2O4. The van der Waals surface area contributed by atoms with Crippen molar-refractivity contribution in [3.05, 3.63) is 0 Å². The fourth-order valence-electron chi connectivity index (χ4n) is 2.20. The number of likely N-dealkylation sites (tertiary alicyclic amines) is 1. The highest BCUT2D eigenvalue weighted by Gasteiger charge is 2.38. The van der Waals surface area contributed by atoms with Gasteiger partial charge in [0.25, 0.3) is 6.43 Å². The van der Waals surface area contributed by atoms with Crippen LogP contribution in [0.1, 0.15) is 6.92 Å². The third-order valence-corrected chi connectivity index (χ3v) is 3.20. The largest absolute Gasteiger partial charge is 0.481 e. The Kier molecular flexibility index (Phi) is 5.46. The summed E-state index contributed by atoms with van der Waals surface area (Å²) in [6, 6.07) is -0.648. The summed E-state index contributed by atoms with van der Waals surface area (Å²) in [5.74, 6) is -1.89. The third-order valence-electron chi connectivity index (χ3n) is 3.20. The van der Waals surface area contributed by atoms with Crippen molar-refractivity contribution in [3.8, 4) is 0 Å². The van der Waals surface area contributed by atoms with Crippen LogP contribution in [0.15, 0.2) is 0 Å². The van der Waals surface area contributed by atoms with Crippen LogP contribution in [0.25, 0.3) is 0 Å². The summed E-state index contributed by atoms with van der Waals surface area (Å²) in [6.07, 6.45) is -2.69. The quantitative estimate of drug-likeness (QED) is 0.760. The number of amides is 2. The Bertz CT molecular complexity index is 341. The average Bonchev–Trinajstić information content (AvgIpc) is 2.69. The van der Waals surface area contributed by atoms with Crippen molar-refractivity contribution in [2.75, 3.05) is 32.8 Å². The molecule has 0 radical (unpaired) electrons. The standard InChI is InChI=1S/C11H18F2N2O4/c1-7-4-15(5-8(7)10(17)18)11(19)14(2-3-16)6-9(12)13/h7-9,16H,2-6H2,1H3,(H,17,18)/t7-,8-/m1/s1. The molecule has 2 amide bonds. The van der Waals surface area contributed by atoms with Crippen LogP contribution in [0.4, 0.5) is 13.6 Å². The fourth-order valence-corrected chi connectivity index (χ4v) is 2.20. The number of carboxylic acids is 1. The smallest absolute Gasteiger partial charge is 0.320 e. The number of aliphatic hydroxyl groups excluding tert-OH is 1. The molecule has 1 rings (SSSR count). The van der Waals surface area contributed by atoms with E-state index in [4.69, 9.17) is 10.2 Å². The maximum Gasteiger partial charge on any atom is 0.320 e. The van der Waals surface area contributed by atoms with Gasteiger partial charge in [0.1, 0.15) is 0 Å². The minimum atomic E-state index is -2.69. The van der Waals surface area contributed by atoms with Crippen molar-refractivity contribution in [1.82, 2.24) is 9.80 Å². The summed E-state index contributed by atoms with van der Waals surface area (Å²) in [5.41, 5.74) is 0. The van der Waals surface area contributed by atoms with Gasteiger partial charge in [-0.15, -0.1) is 0 Å². The van der Waals surface area contributed by atoms with E-state index < -0.39 is 37.5 Å². The predicted octanol–water partition coefficient (Wildman–Crippen LogP) is 0.318. The van der Waals surface area contributed by atoms with Gasteiger partial charge < -0.3 is 20.0 Å². The summed E-state index contributed by atoms with van der Waals surface area (Å²) < 4.78 is 24.7. The lowest BCUT2D eigenvalue weighted by atomic mass is 9.99. The average molecular weight is 280 g/mol. The van der Waals surface area contributed by atoms with Crippen LogP contribution in [0.2, 0.25) is 0 Å². The molecule has 0 unspecified atom stereocenters. The molecule has 19 heavy (non-hydrogen) atoms. The van der Waals surface area contributed by atoms with Crippen LogP contribution in [-0.4, -0.2) is 71.2 Å². The molecule has 0 aliphatic carbocycles. The molecule has 1 saturated heterocycles. The van der Waals surface area contributed by atoms with Crippen molar-refractivity contribution in [1.29, 1.82) is 0 Å². The number of nitrogens with zero attached hydrogens (tertiary/aromatic N) is 2. The zero-order valence-corrected chi connectivity index (χ0v) is 10.6. The molecule has 0 aromatic heterocycles. The molecule has 1 heterocycles. The third kappa shape index (κ3) is 4.02. The van der Waals surface area contributed by atoms with Gasteiger partial charge in [-0.25, -0.2) is 13.6 Å². The van der Waals surface area contributed by atoms with Crippen molar-refractivity contribution < 1.29 is 28.6 Å². The Labute approximate surface area is 109 Å². The van der Waals surface area contributed by atoms with Crippen LogP contribution in [0.3, 0.4) is 0 Å².